The number of amides is 1. The van der Waals surface area contributed by atoms with Crippen molar-refractivity contribution in [1.29, 1.82) is 0 Å². The second kappa shape index (κ2) is 9.38. The van der Waals surface area contributed by atoms with Crippen LogP contribution in [0.4, 0.5) is 5.69 Å². The lowest BCUT2D eigenvalue weighted by Crippen LogP contribution is -2.36. The summed E-state index contributed by atoms with van der Waals surface area (Å²) in [7, 11) is 0. The summed E-state index contributed by atoms with van der Waals surface area (Å²) < 4.78 is 5.44. The van der Waals surface area contributed by atoms with Gasteiger partial charge in [-0.3, -0.25) is 4.79 Å². The Hall–Kier alpha value is -2.59. The van der Waals surface area contributed by atoms with Crippen LogP contribution in [0.3, 0.4) is 0 Å². The smallest absolute Gasteiger partial charge is 0.244 e. The van der Waals surface area contributed by atoms with Gasteiger partial charge in [0, 0.05) is 24.9 Å². The van der Waals surface area contributed by atoms with Crippen LogP contribution in [0.25, 0.3) is 6.08 Å². The Labute approximate surface area is 161 Å². The SMILES string of the molecule is CCC(NC(=O)/C=C/c1ccccc1C)c1cccc(N2CCOCC2)c1. The van der Waals surface area contributed by atoms with E-state index in [0.29, 0.717) is 0 Å². The third-order valence-corrected chi connectivity index (χ3v) is 4.98. The predicted molar refractivity (Wildman–Crippen MR) is 111 cm³/mol. The molecule has 0 bridgehead atoms. The lowest BCUT2D eigenvalue weighted by atomic mass is 10.0. The van der Waals surface area contributed by atoms with Crippen LogP contribution >= 0.6 is 0 Å². The number of morpholine rings is 1. The fourth-order valence-corrected chi connectivity index (χ4v) is 3.34. The Kier molecular flexibility index (Phi) is 6.66. The van der Waals surface area contributed by atoms with Gasteiger partial charge in [0.05, 0.1) is 19.3 Å². The molecule has 0 radical (unpaired) electrons. The molecule has 4 nitrogen and oxygen atoms in total. The van der Waals surface area contributed by atoms with E-state index in [9.17, 15) is 4.79 Å². The van der Waals surface area contributed by atoms with Crippen LogP contribution in [0.15, 0.2) is 54.6 Å². The Morgan fingerprint density at radius 2 is 1.96 bits per heavy atom. The number of ether oxygens (including phenoxy) is 1. The molecule has 0 aromatic heterocycles. The normalized spacial score (nSPS) is 15.7. The number of aryl methyl sites for hydroxylation is 1. The molecule has 142 valence electrons. The van der Waals surface area contributed by atoms with E-state index >= 15 is 0 Å². The van der Waals surface area contributed by atoms with Crippen LogP contribution in [0.2, 0.25) is 0 Å². The van der Waals surface area contributed by atoms with Crippen molar-refractivity contribution in [2.24, 2.45) is 0 Å². The lowest BCUT2D eigenvalue weighted by molar-refractivity contribution is -0.117. The van der Waals surface area contributed by atoms with E-state index in [2.05, 4.69) is 41.4 Å². The summed E-state index contributed by atoms with van der Waals surface area (Å²) in [5, 5.41) is 3.13. The van der Waals surface area contributed by atoms with E-state index < -0.39 is 0 Å². The molecule has 1 aliphatic rings. The quantitative estimate of drug-likeness (QED) is 0.784. The molecular weight excluding hydrogens is 336 g/mol. The third-order valence-electron chi connectivity index (χ3n) is 4.98. The van der Waals surface area contributed by atoms with Crippen molar-refractivity contribution in [3.05, 3.63) is 71.3 Å². The highest BCUT2D eigenvalue weighted by Crippen LogP contribution is 2.23. The second-order valence-corrected chi connectivity index (χ2v) is 6.85. The number of carbonyl (C=O) groups is 1. The van der Waals surface area contributed by atoms with Crippen LogP contribution in [0, 0.1) is 6.92 Å². The van der Waals surface area contributed by atoms with Crippen LogP contribution in [-0.4, -0.2) is 32.2 Å². The number of hydrogen-bond acceptors (Lipinski definition) is 3. The number of nitrogens with zero attached hydrogens (tertiary/aromatic N) is 1. The lowest BCUT2D eigenvalue weighted by Gasteiger charge is -2.29. The van der Waals surface area contributed by atoms with E-state index in [1.807, 2.05) is 37.3 Å². The summed E-state index contributed by atoms with van der Waals surface area (Å²) in [6.45, 7) is 7.49. The maximum absolute atomic E-state index is 12.4. The van der Waals surface area contributed by atoms with Crippen molar-refractivity contribution < 1.29 is 9.53 Å². The molecule has 1 heterocycles. The average molecular weight is 364 g/mol. The molecule has 1 aliphatic heterocycles. The Bertz CT molecular complexity index is 794. The van der Waals surface area contributed by atoms with Gasteiger partial charge in [0.2, 0.25) is 5.91 Å². The topological polar surface area (TPSA) is 41.6 Å². The maximum Gasteiger partial charge on any atom is 0.244 e. The van der Waals surface area contributed by atoms with Gasteiger partial charge in [0.25, 0.3) is 0 Å². The van der Waals surface area contributed by atoms with Gasteiger partial charge in [-0.15, -0.1) is 0 Å². The molecule has 0 saturated carbocycles. The zero-order valence-electron chi connectivity index (χ0n) is 16.2. The number of carbonyl (C=O) groups excluding carboxylic acids is 1. The Morgan fingerprint density at radius 1 is 1.19 bits per heavy atom. The van der Waals surface area contributed by atoms with Crippen molar-refractivity contribution in [1.82, 2.24) is 5.32 Å². The summed E-state index contributed by atoms with van der Waals surface area (Å²) >= 11 is 0. The summed E-state index contributed by atoms with van der Waals surface area (Å²) in [5.74, 6) is -0.0677. The fraction of sp³-hybridized carbons (Fsp3) is 0.348. The summed E-state index contributed by atoms with van der Waals surface area (Å²) in [5.41, 5.74) is 4.56. The molecule has 2 aromatic rings. The van der Waals surface area contributed by atoms with Gasteiger partial charge in [-0.25, -0.2) is 0 Å². The van der Waals surface area contributed by atoms with Gasteiger partial charge in [0.1, 0.15) is 0 Å². The zero-order valence-corrected chi connectivity index (χ0v) is 16.2. The van der Waals surface area contributed by atoms with Crippen molar-refractivity contribution in [3.63, 3.8) is 0 Å². The fourth-order valence-electron chi connectivity index (χ4n) is 3.34. The zero-order chi connectivity index (χ0) is 19.1. The number of benzene rings is 2. The van der Waals surface area contributed by atoms with E-state index in [0.717, 1.165) is 49.4 Å². The highest BCUT2D eigenvalue weighted by atomic mass is 16.5. The Balaban J connectivity index is 1.67. The second-order valence-electron chi connectivity index (χ2n) is 6.85. The molecule has 1 amide bonds. The summed E-state index contributed by atoms with van der Waals surface area (Å²) in [6.07, 6.45) is 4.34. The first kappa shape index (κ1) is 19.2. The molecular formula is C23H28N2O2. The molecule has 1 atom stereocenters. The molecule has 0 aliphatic carbocycles. The molecule has 27 heavy (non-hydrogen) atoms. The maximum atomic E-state index is 12.4. The molecule has 3 rings (SSSR count). The molecule has 1 saturated heterocycles. The van der Waals surface area contributed by atoms with Crippen LogP contribution in [-0.2, 0) is 9.53 Å². The minimum absolute atomic E-state index is 0.0000101. The first-order chi connectivity index (χ1) is 13.2. The van der Waals surface area contributed by atoms with Gasteiger partial charge in [0.15, 0.2) is 0 Å². The van der Waals surface area contributed by atoms with E-state index in [1.165, 1.54) is 5.69 Å². The summed E-state index contributed by atoms with van der Waals surface area (Å²) in [6, 6.07) is 16.5. The van der Waals surface area contributed by atoms with Crippen molar-refractivity contribution in [2.45, 2.75) is 26.3 Å². The highest BCUT2D eigenvalue weighted by Gasteiger charge is 2.15. The predicted octanol–water partition coefficient (Wildman–Crippen LogP) is 4.11. The molecule has 1 N–H and O–H groups in total. The van der Waals surface area contributed by atoms with Crippen LogP contribution in [0.5, 0.6) is 0 Å². The first-order valence-corrected chi connectivity index (χ1v) is 9.64. The molecule has 1 unspecified atom stereocenters. The van der Waals surface area contributed by atoms with Crippen molar-refractivity contribution >= 4 is 17.7 Å². The third kappa shape index (κ3) is 5.20. The molecule has 1 fully saturated rings. The van der Waals surface area contributed by atoms with Gasteiger partial charge >= 0.3 is 0 Å². The minimum atomic E-state index is -0.0677. The van der Waals surface area contributed by atoms with Gasteiger partial charge in [-0.1, -0.05) is 43.3 Å². The van der Waals surface area contributed by atoms with Crippen LogP contribution in [0.1, 0.15) is 36.1 Å². The van der Waals surface area contributed by atoms with Crippen molar-refractivity contribution in [2.75, 3.05) is 31.2 Å². The highest BCUT2D eigenvalue weighted by molar-refractivity contribution is 5.92. The number of hydrogen-bond donors (Lipinski definition) is 1. The minimum Gasteiger partial charge on any atom is -0.378 e. The monoisotopic (exact) mass is 364 g/mol. The first-order valence-electron chi connectivity index (χ1n) is 9.64. The average Bonchev–Trinajstić information content (AvgIpc) is 2.72. The summed E-state index contributed by atoms with van der Waals surface area (Å²) in [4.78, 5) is 14.8. The van der Waals surface area contributed by atoms with Crippen molar-refractivity contribution in [3.8, 4) is 0 Å². The number of rotatable bonds is 6. The molecule has 2 aromatic carbocycles. The van der Waals surface area contributed by atoms with E-state index in [1.54, 1.807) is 6.08 Å². The Morgan fingerprint density at radius 3 is 2.70 bits per heavy atom. The number of nitrogens with one attached hydrogen (secondary N) is 1. The standard InChI is InChI=1S/C23H28N2O2/c1-3-22(24-23(26)12-11-19-8-5-4-7-18(19)2)20-9-6-10-21(17-20)25-13-15-27-16-14-25/h4-12,17,22H,3,13-16H2,1-2H3,(H,24,26)/b12-11+. The van der Waals surface area contributed by atoms with Gasteiger partial charge in [-0.2, -0.15) is 0 Å². The van der Waals surface area contributed by atoms with Crippen LogP contribution < -0.4 is 10.2 Å². The van der Waals surface area contributed by atoms with E-state index in [-0.39, 0.29) is 11.9 Å². The molecule has 4 heteroatoms. The largest absolute Gasteiger partial charge is 0.378 e. The molecule has 0 spiro atoms. The van der Waals surface area contributed by atoms with E-state index in [4.69, 9.17) is 4.74 Å². The van der Waals surface area contributed by atoms with Gasteiger partial charge < -0.3 is 15.0 Å². The van der Waals surface area contributed by atoms with Gasteiger partial charge in [-0.05, 0) is 48.2 Å². The number of anilines is 1.